The van der Waals surface area contributed by atoms with Gasteiger partial charge in [-0.15, -0.1) is 11.3 Å². The minimum Gasteiger partial charge on any atom is -0.373 e. The molecule has 1 aromatic carbocycles. The summed E-state index contributed by atoms with van der Waals surface area (Å²) >= 11 is 1.51. The van der Waals surface area contributed by atoms with Crippen molar-refractivity contribution < 1.29 is 17.9 Å². The molecule has 29 heavy (non-hydrogen) atoms. The molecule has 1 aliphatic heterocycles. The Morgan fingerprint density at radius 1 is 1.24 bits per heavy atom. The Morgan fingerprint density at radius 2 is 1.93 bits per heavy atom. The van der Waals surface area contributed by atoms with E-state index in [9.17, 15) is 13.2 Å². The van der Waals surface area contributed by atoms with Gasteiger partial charge in [-0.1, -0.05) is 0 Å². The topological polar surface area (TPSA) is 93.0 Å². The Morgan fingerprint density at radius 3 is 2.59 bits per heavy atom. The van der Waals surface area contributed by atoms with Gasteiger partial charge in [0.2, 0.25) is 15.9 Å². The largest absolute Gasteiger partial charge is 0.373 e. The number of hydrogen-bond acceptors (Lipinski definition) is 6. The number of nitrogens with one attached hydrogen (secondary N) is 1. The molecule has 0 radical (unpaired) electrons. The van der Waals surface area contributed by atoms with Gasteiger partial charge in [-0.05, 0) is 38.1 Å². The van der Waals surface area contributed by atoms with Crippen LogP contribution in [-0.2, 0) is 26.0 Å². The minimum absolute atomic E-state index is 0.148. The van der Waals surface area contributed by atoms with Gasteiger partial charge in [-0.2, -0.15) is 4.31 Å². The summed E-state index contributed by atoms with van der Waals surface area (Å²) in [6, 6.07) is 6.23. The van der Waals surface area contributed by atoms with Gasteiger partial charge >= 0.3 is 0 Å². The van der Waals surface area contributed by atoms with Crippen LogP contribution in [0.4, 0.5) is 5.69 Å². The van der Waals surface area contributed by atoms with Gasteiger partial charge in [-0.3, -0.25) is 9.20 Å². The number of hydrogen-bond donors (Lipinski definition) is 1. The molecule has 1 aliphatic rings. The Bertz CT molecular complexity index is 1080. The third-order valence-corrected chi connectivity index (χ3v) is 7.26. The van der Waals surface area contributed by atoms with Gasteiger partial charge in [-0.25, -0.2) is 13.4 Å². The first-order valence-electron chi connectivity index (χ1n) is 9.28. The predicted octanol–water partition coefficient (Wildman–Crippen LogP) is 2.37. The average Bonchev–Trinajstić information content (AvgIpc) is 3.22. The molecule has 2 atom stereocenters. The van der Waals surface area contributed by atoms with Crippen molar-refractivity contribution in [2.24, 2.45) is 0 Å². The first kappa shape index (κ1) is 20.0. The molecule has 3 aromatic rings. The predicted molar refractivity (Wildman–Crippen MR) is 111 cm³/mol. The molecule has 10 heteroatoms. The molecule has 4 rings (SSSR count). The van der Waals surface area contributed by atoms with E-state index in [1.165, 1.54) is 27.8 Å². The second kappa shape index (κ2) is 7.86. The fourth-order valence-electron chi connectivity index (χ4n) is 3.42. The Kier molecular flexibility index (Phi) is 5.43. The standard InChI is InChI=1S/C19H22N4O4S2/c1-13-10-23(11-14(2)27-13)29(25,26)17-5-3-15(4-6-17)20-18(24)9-16-12-22-7-8-28-19(22)21-16/h3-8,12-14H,9-11H2,1-2H3,(H,20,24). The maximum absolute atomic E-state index is 12.9. The maximum atomic E-state index is 12.9. The van der Waals surface area contributed by atoms with E-state index in [1.807, 2.05) is 36.0 Å². The summed E-state index contributed by atoms with van der Waals surface area (Å²) in [5.74, 6) is -0.206. The van der Waals surface area contributed by atoms with Crippen LogP contribution < -0.4 is 5.32 Å². The summed E-state index contributed by atoms with van der Waals surface area (Å²) < 4.78 is 34.7. The molecule has 0 aliphatic carbocycles. The molecule has 1 amide bonds. The third-order valence-electron chi connectivity index (χ3n) is 4.65. The second-order valence-electron chi connectivity index (χ2n) is 7.15. The van der Waals surface area contributed by atoms with Crippen LogP contribution in [0.25, 0.3) is 4.96 Å². The highest BCUT2D eigenvalue weighted by atomic mass is 32.2. The lowest BCUT2D eigenvalue weighted by Gasteiger charge is -2.34. The SMILES string of the molecule is CC1CN(S(=O)(=O)c2ccc(NC(=O)Cc3cn4ccsc4n3)cc2)CC(C)O1. The molecule has 2 unspecified atom stereocenters. The third kappa shape index (κ3) is 4.35. The molecule has 0 spiro atoms. The molecule has 0 saturated carbocycles. The normalized spacial score (nSPS) is 20.8. The van der Waals surface area contributed by atoms with Crippen LogP contribution in [0.5, 0.6) is 0 Å². The number of thiazole rings is 1. The first-order chi connectivity index (χ1) is 13.8. The van der Waals surface area contributed by atoms with E-state index in [1.54, 1.807) is 12.1 Å². The van der Waals surface area contributed by atoms with E-state index in [4.69, 9.17) is 4.74 Å². The maximum Gasteiger partial charge on any atom is 0.243 e. The Balaban J connectivity index is 1.41. The van der Waals surface area contributed by atoms with Gasteiger partial charge in [0.05, 0.1) is 29.2 Å². The molecule has 1 fully saturated rings. The number of morpholine rings is 1. The number of sulfonamides is 1. The van der Waals surface area contributed by atoms with Crippen molar-refractivity contribution in [2.75, 3.05) is 18.4 Å². The van der Waals surface area contributed by atoms with Gasteiger partial charge in [0.25, 0.3) is 0 Å². The highest BCUT2D eigenvalue weighted by Crippen LogP contribution is 2.22. The molecule has 154 valence electrons. The number of carbonyl (C=O) groups is 1. The number of ether oxygens (including phenoxy) is 1. The smallest absolute Gasteiger partial charge is 0.243 e. The van der Waals surface area contributed by atoms with Crippen molar-refractivity contribution in [1.82, 2.24) is 13.7 Å². The number of carbonyl (C=O) groups excluding carboxylic acids is 1. The number of nitrogens with zero attached hydrogens (tertiary/aromatic N) is 3. The van der Waals surface area contributed by atoms with Crippen LogP contribution in [0, 0.1) is 0 Å². The molecular formula is C19H22N4O4S2. The summed E-state index contributed by atoms with van der Waals surface area (Å²) in [5, 5.41) is 4.72. The molecule has 1 N–H and O–H groups in total. The van der Waals surface area contributed by atoms with Crippen molar-refractivity contribution in [3.8, 4) is 0 Å². The molecule has 8 nitrogen and oxygen atoms in total. The minimum atomic E-state index is -3.60. The zero-order valence-electron chi connectivity index (χ0n) is 16.1. The monoisotopic (exact) mass is 434 g/mol. The highest BCUT2D eigenvalue weighted by molar-refractivity contribution is 7.89. The number of amides is 1. The number of benzene rings is 1. The zero-order valence-corrected chi connectivity index (χ0v) is 17.7. The van der Waals surface area contributed by atoms with Gasteiger partial charge in [0.1, 0.15) is 0 Å². The van der Waals surface area contributed by atoms with Crippen LogP contribution in [0.15, 0.2) is 46.9 Å². The van der Waals surface area contributed by atoms with Crippen molar-refractivity contribution in [2.45, 2.75) is 37.4 Å². The van der Waals surface area contributed by atoms with Crippen LogP contribution in [0.2, 0.25) is 0 Å². The van der Waals surface area contributed by atoms with E-state index < -0.39 is 10.0 Å². The first-order valence-corrected chi connectivity index (χ1v) is 11.6. The van der Waals surface area contributed by atoms with Crippen molar-refractivity contribution >= 4 is 37.9 Å². The summed E-state index contributed by atoms with van der Waals surface area (Å²) in [6.45, 7) is 4.38. The van der Waals surface area contributed by atoms with Crippen molar-refractivity contribution in [3.05, 3.63) is 47.7 Å². The molecular weight excluding hydrogens is 412 g/mol. The van der Waals surface area contributed by atoms with E-state index in [0.717, 1.165) is 4.96 Å². The lowest BCUT2D eigenvalue weighted by Crippen LogP contribution is -2.48. The number of imidazole rings is 1. The van der Waals surface area contributed by atoms with Gasteiger partial charge in [0, 0.05) is 36.6 Å². The van der Waals surface area contributed by atoms with Crippen LogP contribution in [0.1, 0.15) is 19.5 Å². The molecule has 3 heterocycles. The number of rotatable bonds is 5. The van der Waals surface area contributed by atoms with Crippen LogP contribution >= 0.6 is 11.3 Å². The quantitative estimate of drug-likeness (QED) is 0.666. The van der Waals surface area contributed by atoms with E-state index in [0.29, 0.717) is 24.5 Å². The van der Waals surface area contributed by atoms with Crippen molar-refractivity contribution in [3.63, 3.8) is 0 Å². The number of fused-ring (bicyclic) bond motifs is 1. The zero-order chi connectivity index (χ0) is 20.6. The van der Waals surface area contributed by atoms with Gasteiger partial charge < -0.3 is 10.1 Å². The highest BCUT2D eigenvalue weighted by Gasteiger charge is 2.32. The molecule has 1 saturated heterocycles. The summed E-state index contributed by atoms with van der Waals surface area (Å²) in [6.07, 6.45) is 3.57. The molecule has 0 bridgehead atoms. The fourth-order valence-corrected chi connectivity index (χ4v) is 5.73. The van der Waals surface area contributed by atoms with Gasteiger partial charge in [0.15, 0.2) is 4.96 Å². The van der Waals surface area contributed by atoms with E-state index in [-0.39, 0.29) is 29.4 Å². The van der Waals surface area contributed by atoms with Crippen LogP contribution in [-0.4, -0.2) is 53.3 Å². The van der Waals surface area contributed by atoms with Crippen LogP contribution in [0.3, 0.4) is 0 Å². The Hall–Kier alpha value is -2.27. The summed E-state index contributed by atoms with van der Waals surface area (Å²) in [7, 11) is -3.60. The number of anilines is 1. The second-order valence-corrected chi connectivity index (χ2v) is 9.96. The molecule has 2 aromatic heterocycles. The van der Waals surface area contributed by atoms with Crippen molar-refractivity contribution in [1.29, 1.82) is 0 Å². The lowest BCUT2D eigenvalue weighted by molar-refractivity contribution is -0.115. The lowest BCUT2D eigenvalue weighted by atomic mass is 10.3. The van der Waals surface area contributed by atoms with E-state index >= 15 is 0 Å². The fraction of sp³-hybridized carbons (Fsp3) is 0.368. The summed E-state index contributed by atoms with van der Waals surface area (Å²) in [5.41, 5.74) is 1.22. The Labute approximate surface area is 173 Å². The summed E-state index contributed by atoms with van der Waals surface area (Å²) in [4.78, 5) is 17.7. The number of aromatic nitrogens is 2. The van der Waals surface area contributed by atoms with E-state index in [2.05, 4.69) is 10.3 Å². The average molecular weight is 435 g/mol.